The van der Waals surface area contributed by atoms with Crippen LogP contribution in [0.5, 0.6) is 0 Å². The van der Waals surface area contributed by atoms with Crippen molar-refractivity contribution in [1.82, 2.24) is 4.98 Å². The molecule has 0 saturated carbocycles. The summed E-state index contributed by atoms with van der Waals surface area (Å²) in [7, 11) is 0. The third-order valence-electron chi connectivity index (χ3n) is 2.30. The van der Waals surface area contributed by atoms with Crippen LogP contribution in [0, 0.1) is 10.1 Å². The predicted molar refractivity (Wildman–Crippen MR) is 70.1 cm³/mol. The molecular formula is C11H7N3O5S. The van der Waals surface area contributed by atoms with Gasteiger partial charge in [-0.15, -0.1) is 0 Å². The third-order valence-corrected chi connectivity index (χ3v) is 3.16. The molecule has 2 aromatic rings. The Kier molecular flexibility index (Phi) is 3.71. The molecule has 0 aliphatic rings. The highest BCUT2D eigenvalue weighted by atomic mass is 32.1. The molecule has 20 heavy (non-hydrogen) atoms. The highest BCUT2D eigenvalue weighted by molar-refractivity contribution is 7.18. The van der Waals surface area contributed by atoms with Gasteiger partial charge >= 0.3 is 11.0 Å². The number of carboxylic acids is 1. The largest absolute Gasteiger partial charge is 0.478 e. The molecule has 0 aliphatic carbocycles. The maximum atomic E-state index is 11.9. The highest BCUT2D eigenvalue weighted by Crippen LogP contribution is 2.25. The van der Waals surface area contributed by atoms with Crippen LogP contribution in [0.4, 0.5) is 10.1 Å². The van der Waals surface area contributed by atoms with Crippen LogP contribution in [0.2, 0.25) is 0 Å². The molecule has 8 nitrogen and oxygen atoms in total. The van der Waals surface area contributed by atoms with Crippen molar-refractivity contribution >= 4 is 33.3 Å². The molecule has 2 rings (SSSR count). The van der Waals surface area contributed by atoms with Gasteiger partial charge in [-0.25, -0.2) is 9.78 Å². The fourth-order valence-electron chi connectivity index (χ4n) is 1.44. The number of hydrogen-bond acceptors (Lipinski definition) is 6. The average Bonchev–Trinajstić information content (AvgIpc) is 2.87. The molecular weight excluding hydrogens is 286 g/mol. The number of carboxylic acid groups (broad SMARTS) is 1. The van der Waals surface area contributed by atoms with Gasteiger partial charge in [-0.05, 0) is 23.5 Å². The quantitative estimate of drug-likeness (QED) is 0.656. The topological polar surface area (TPSA) is 122 Å². The Labute approximate surface area is 115 Å². The van der Waals surface area contributed by atoms with E-state index in [1.165, 1.54) is 24.3 Å². The molecule has 0 unspecified atom stereocenters. The summed E-state index contributed by atoms with van der Waals surface area (Å²) in [6.45, 7) is 0. The van der Waals surface area contributed by atoms with Gasteiger partial charge in [-0.1, -0.05) is 12.1 Å². The summed E-state index contributed by atoms with van der Waals surface area (Å²) in [6, 6.07) is 5.66. The smallest absolute Gasteiger partial charge is 0.345 e. The van der Waals surface area contributed by atoms with Crippen molar-refractivity contribution in [2.24, 2.45) is 0 Å². The molecule has 1 amide bonds. The van der Waals surface area contributed by atoms with E-state index in [1.54, 1.807) is 0 Å². The predicted octanol–water partition coefficient (Wildman–Crippen LogP) is 2.00. The summed E-state index contributed by atoms with van der Waals surface area (Å²) >= 11 is 0.689. The summed E-state index contributed by atoms with van der Waals surface area (Å²) in [4.78, 5) is 36.5. The summed E-state index contributed by atoms with van der Waals surface area (Å²) in [5.41, 5.74) is -0.200. The van der Waals surface area contributed by atoms with Gasteiger partial charge in [0.25, 0.3) is 5.91 Å². The lowest BCUT2D eigenvalue weighted by atomic mass is 10.1. The van der Waals surface area contributed by atoms with Crippen molar-refractivity contribution in [1.29, 1.82) is 0 Å². The van der Waals surface area contributed by atoms with E-state index < -0.39 is 16.8 Å². The van der Waals surface area contributed by atoms with Gasteiger partial charge in [0.05, 0.1) is 16.1 Å². The van der Waals surface area contributed by atoms with Crippen LogP contribution in [0.25, 0.3) is 0 Å². The van der Waals surface area contributed by atoms with Crippen LogP contribution in [0.15, 0.2) is 30.5 Å². The molecule has 1 aromatic heterocycles. The van der Waals surface area contributed by atoms with Crippen molar-refractivity contribution in [3.05, 3.63) is 51.7 Å². The molecule has 0 spiro atoms. The minimum Gasteiger partial charge on any atom is -0.478 e. The van der Waals surface area contributed by atoms with Crippen molar-refractivity contribution < 1.29 is 19.6 Å². The lowest BCUT2D eigenvalue weighted by Gasteiger charge is -2.04. The number of aromatic carboxylic acids is 1. The number of carbonyl (C=O) groups is 2. The van der Waals surface area contributed by atoms with Crippen LogP contribution in [0.3, 0.4) is 0 Å². The van der Waals surface area contributed by atoms with Gasteiger partial charge in [0.2, 0.25) is 0 Å². The maximum absolute atomic E-state index is 11.9. The van der Waals surface area contributed by atoms with E-state index in [4.69, 9.17) is 5.11 Å². The fraction of sp³-hybridized carbons (Fsp3) is 0. The zero-order valence-electron chi connectivity index (χ0n) is 9.77. The Morgan fingerprint density at radius 1 is 1.30 bits per heavy atom. The van der Waals surface area contributed by atoms with E-state index in [1.807, 2.05) is 0 Å². The first-order chi connectivity index (χ1) is 9.49. The van der Waals surface area contributed by atoms with Gasteiger partial charge < -0.3 is 5.11 Å². The van der Waals surface area contributed by atoms with Crippen molar-refractivity contribution in [2.45, 2.75) is 0 Å². The van der Waals surface area contributed by atoms with E-state index >= 15 is 0 Å². The van der Waals surface area contributed by atoms with E-state index in [2.05, 4.69) is 10.3 Å². The number of benzene rings is 1. The van der Waals surface area contributed by atoms with Crippen molar-refractivity contribution in [3.63, 3.8) is 0 Å². The number of nitrogens with zero attached hydrogens (tertiary/aromatic N) is 2. The van der Waals surface area contributed by atoms with E-state index in [-0.39, 0.29) is 21.3 Å². The second-order valence-electron chi connectivity index (χ2n) is 3.57. The first kappa shape index (κ1) is 13.6. The van der Waals surface area contributed by atoms with Crippen LogP contribution >= 0.6 is 11.3 Å². The number of nitro groups is 1. The normalized spacial score (nSPS) is 10.0. The average molecular weight is 293 g/mol. The Bertz CT molecular complexity index is 697. The lowest BCUT2D eigenvalue weighted by Crippen LogP contribution is -2.16. The molecule has 102 valence electrons. The fourth-order valence-corrected chi connectivity index (χ4v) is 2.07. The molecule has 1 aromatic carbocycles. The molecule has 0 atom stereocenters. The first-order valence-electron chi connectivity index (χ1n) is 5.23. The number of nitrogens with one attached hydrogen (secondary N) is 1. The molecule has 0 fully saturated rings. The molecule has 2 N–H and O–H groups in total. The zero-order chi connectivity index (χ0) is 14.7. The molecule has 0 radical (unpaired) electrons. The summed E-state index contributed by atoms with van der Waals surface area (Å²) in [5, 5.41) is 21.6. The van der Waals surface area contributed by atoms with Gasteiger partial charge in [-0.3, -0.25) is 20.2 Å². The van der Waals surface area contributed by atoms with Gasteiger partial charge in [0.15, 0.2) is 5.13 Å². The number of hydrogen-bond donors (Lipinski definition) is 2. The Balaban J connectivity index is 2.24. The van der Waals surface area contributed by atoms with Crippen molar-refractivity contribution in [2.75, 3.05) is 5.32 Å². The number of anilines is 1. The SMILES string of the molecule is O=C(O)c1ccccc1C(=O)Nc1ncc([N+](=O)[O-])s1. The molecule has 1 heterocycles. The second-order valence-corrected chi connectivity index (χ2v) is 4.57. The summed E-state index contributed by atoms with van der Waals surface area (Å²) in [6.07, 6.45) is 1.02. The van der Waals surface area contributed by atoms with Gasteiger partial charge in [0.1, 0.15) is 6.20 Å². The van der Waals surface area contributed by atoms with Crippen LogP contribution in [0.1, 0.15) is 20.7 Å². The maximum Gasteiger partial charge on any atom is 0.345 e. The number of aromatic nitrogens is 1. The molecule has 0 bridgehead atoms. The molecule has 0 aliphatic heterocycles. The lowest BCUT2D eigenvalue weighted by molar-refractivity contribution is -0.380. The van der Waals surface area contributed by atoms with E-state index in [0.717, 1.165) is 6.20 Å². The number of carbonyl (C=O) groups excluding carboxylic acids is 1. The minimum absolute atomic E-state index is 0.0295. The number of amides is 1. The Morgan fingerprint density at radius 3 is 2.50 bits per heavy atom. The number of rotatable bonds is 4. The van der Waals surface area contributed by atoms with E-state index in [9.17, 15) is 19.7 Å². The monoisotopic (exact) mass is 293 g/mol. The van der Waals surface area contributed by atoms with Crippen LogP contribution in [-0.2, 0) is 0 Å². The van der Waals surface area contributed by atoms with Gasteiger partial charge in [0, 0.05) is 0 Å². The third kappa shape index (κ3) is 2.78. The molecule has 0 saturated heterocycles. The Morgan fingerprint density at radius 2 is 1.95 bits per heavy atom. The summed E-state index contributed by atoms with van der Waals surface area (Å²) in [5.74, 6) is -1.92. The van der Waals surface area contributed by atoms with Gasteiger partial charge in [-0.2, -0.15) is 0 Å². The second kappa shape index (κ2) is 5.45. The highest BCUT2D eigenvalue weighted by Gasteiger charge is 2.18. The first-order valence-corrected chi connectivity index (χ1v) is 6.04. The minimum atomic E-state index is -1.24. The summed E-state index contributed by atoms with van der Waals surface area (Å²) < 4.78 is 0. The van der Waals surface area contributed by atoms with E-state index in [0.29, 0.717) is 11.3 Å². The van der Waals surface area contributed by atoms with Crippen LogP contribution in [-0.4, -0.2) is 26.9 Å². The standard InChI is InChI=1S/C11H7N3O5S/c15-9(6-3-1-2-4-7(6)10(16)17)13-11-12-5-8(20-11)14(18)19/h1-5H,(H,16,17)(H,12,13,15). The Hall–Kier alpha value is -2.81. The number of thiazole rings is 1. The zero-order valence-corrected chi connectivity index (χ0v) is 10.6. The van der Waals surface area contributed by atoms with Crippen LogP contribution < -0.4 is 5.32 Å². The molecule has 9 heteroatoms. The van der Waals surface area contributed by atoms with Crippen molar-refractivity contribution in [3.8, 4) is 0 Å².